The Morgan fingerprint density at radius 3 is 2.35 bits per heavy atom. The number of carbonyl (C=O) groups is 1. The molecule has 4 heteroatoms. The molecule has 0 spiro atoms. The topological polar surface area (TPSA) is 35.6 Å². The minimum atomic E-state index is 0.210. The van der Waals surface area contributed by atoms with E-state index in [9.17, 15) is 4.79 Å². The van der Waals surface area contributed by atoms with E-state index in [-0.39, 0.29) is 5.92 Å². The Morgan fingerprint density at radius 1 is 1.18 bits per heavy atom. The summed E-state index contributed by atoms with van der Waals surface area (Å²) in [7, 11) is 2.17. The SMILES string of the molecule is CC(C(=O)N1CCNCC1)C1CCN(C)CC1. The molecule has 98 valence electrons. The maximum atomic E-state index is 12.4. The van der Waals surface area contributed by atoms with Crippen molar-refractivity contribution in [3.05, 3.63) is 0 Å². The summed E-state index contributed by atoms with van der Waals surface area (Å²) in [6.45, 7) is 8.08. The van der Waals surface area contributed by atoms with Gasteiger partial charge < -0.3 is 15.1 Å². The van der Waals surface area contributed by atoms with Crippen LogP contribution >= 0.6 is 0 Å². The van der Waals surface area contributed by atoms with Gasteiger partial charge in [-0.3, -0.25) is 4.79 Å². The minimum absolute atomic E-state index is 0.210. The molecule has 0 aromatic rings. The third-order valence-corrected chi connectivity index (χ3v) is 4.29. The summed E-state index contributed by atoms with van der Waals surface area (Å²) in [5.41, 5.74) is 0. The van der Waals surface area contributed by atoms with Crippen molar-refractivity contribution in [2.45, 2.75) is 19.8 Å². The van der Waals surface area contributed by atoms with Gasteiger partial charge in [-0.05, 0) is 38.9 Å². The molecule has 2 saturated heterocycles. The van der Waals surface area contributed by atoms with Crippen molar-refractivity contribution < 1.29 is 4.79 Å². The lowest BCUT2D eigenvalue weighted by atomic mass is 9.84. The number of hydrogen-bond donors (Lipinski definition) is 1. The summed E-state index contributed by atoms with van der Waals surface area (Å²) >= 11 is 0. The lowest BCUT2D eigenvalue weighted by Crippen LogP contribution is -2.49. The van der Waals surface area contributed by atoms with E-state index in [4.69, 9.17) is 0 Å². The number of carbonyl (C=O) groups excluding carboxylic acids is 1. The minimum Gasteiger partial charge on any atom is -0.340 e. The van der Waals surface area contributed by atoms with Crippen LogP contribution in [0.1, 0.15) is 19.8 Å². The van der Waals surface area contributed by atoms with Gasteiger partial charge >= 0.3 is 0 Å². The van der Waals surface area contributed by atoms with Crippen LogP contribution in [0.3, 0.4) is 0 Å². The van der Waals surface area contributed by atoms with Gasteiger partial charge in [0.2, 0.25) is 5.91 Å². The van der Waals surface area contributed by atoms with Crippen LogP contribution in [0.2, 0.25) is 0 Å². The first-order chi connectivity index (χ1) is 8.18. The maximum absolute atomic E-state index is 12.4. The van der Waals surface area contributed by atoms with Gasteiger partial charge in [0.1, 0.15) is 0 Å². The van der Waals surface area contributed by atoms with Crippen LogP contribution in [0, 0.1) is 11.8 Å². The highest BCUT2D eigenvalue weighted by molar-refractivity contribution is 5.79. The number of piperazine rings is 1. The van der Waals surface area contributed by atoms with E-state index in [1.807, 2.05) is 4.90 Å². The molecule has 2 heterocycles. The van der Waals surface area contributed by atoms with Gasteiger partial charge in [-0.15, -0.1) is 0 Å². The van der Waals surface area contributed by atoms with Gasteiger partial charge in [0.15, 0.2) is 0 Å². The number of amides is 1. The molecule has 4 nitrogen and oxygen atoms in total. The lowest BCUT2D eigenvalue weighted by molar-refractivity contribution is -0.137. The molecule has 1 unspecified atom stereocenters. The smallest absolute Gasteiger partial charge is 0.225 e. The number of nitrogens with one attached hydrogen (secondary N) is 1. The molecular formula is C13H25N3O. The lowest BCUT2D eigenvalue weighted by Gasteiger charge is -2.36. The van der Waals surface area contributed by atoms with Gasteiger partial charge in [-0.25, -0.2) is 0 Å². The Hall–Kier alpha value is -0.610. The van der Waals surface area contributed by atoms with E-state index in [1.165, 1.54) is 12.8 Å². The van der Waals surface area contributed by atoms with Gasteiger partial charge in [-0.2, -0.15) is 0 Å². The van der Waals surface area contributed by atoms with Crippen LogP contribution in [-0.2, 0) is 4.79 Å². The van der Waals surface area contributed by atoms with Gasteiger partial charge in [0.05, 0.1) is 0 Å². The summed E-state index contributed by atoms with van der Waals surface area (Å²) in [6, 6.07) is 0. The predicted molar refractivity (Wildman–Crippen MR) is 68.8 cm³/mol. The normalized spacial score (nSPS) is 25.9. The highest BCUT2D eigenvalue weighted by atomic mass is 16.2. The largest absolute Gasteiger partial charge is 0.340 e. The first kappa shape index (κ1) is 12.8. The van der Waals surface area contributed by atoms with Crippen molar-refractivity contribution in [2.24, 2.45) is 11.8 Å². The molecule has 0 aromatic heterocycles. The van der Waals surface area contributed by atoms with E-state index >= 15 is 0 Å². The summed E-state index contributed by atoms with van der Waals surface area (Å²) in [6.07, 6.45) is 2.35. The van der Waals surface area contributed by atoms with E-state index in [0.29, 0.717) is 11.8 Å². The molecule has 2 aliphatic heterocycles. The molecule has 2 aliphatic rings. The summed E-state index contributed by atoms with van der Waals surface area (Å²) < 4.78 is 0. The van der Waals surface area contributed by atoms with Crippen molar-refractivity contribution in [2.75, 3.05) is 46.3 Å². The van der Waals surface area contributed by atoms with Crippen LogP contribution in [0.15, 0.2) is 0 Å². The Labute approximate surface area is 104 Å². The summed E-state index contributed by atoms with van der Waals surface area (Å²) in [5, 5.41) is 3.29. The van der Waals surface area contributed by atoms with Crippen molar-refractivity contribution >= 4 is 5.91 Å². The Bertz CT molecular complexity index is 255. The Balaban J connectivity index is 1.85. The van der Waals surface area contributed by atoms with Crippen molar-refractivity contribution in [3.8, 4) is 0 Å². The van der Waals surface area contributed by atoms with Crippen molar-refractivity contribution in [1.82, 2.24) is 15.1 Å². The average Bonchev–Trinajstić information content (AvgIpc) is 2.39. The summed E-state index contributed by atoms with van der Waals surface area (Å²) in [5.74, 6) is 1.18. The van der Waals surface area contributed by atoms with E-state index in [1.54, 1.807) is 0 Å². The van der Waals surface area contributed by atoms with Gasteiger partial charge in [0.25, 0.3) is 0 Å². The highest BCUT2D eigenvalue weighted by Gasteiger charge is 2.30. The van der Waals surface area contributed by atoms with Crippen LogP contribution in [0.25, 0.3) is 0 Å². The number of rotatable bonds is 2. The quantitative estimate of drug-likeness (QED) is 0.757. The molecule has 1 N–H and O–H groups in total. The first-order valence-electron chi connectivity index (χ1n) is 6.86. The van der Waals surface area contributed by atoms with Crippen LogP contribution in [0.4, 0.5) is 0 Å². The molecule has 0 aliphatic carbocycles. The molecule has 2 rings (SSSR count). The number of piperidine rings is 1. The second-order valence-corrected chi connectivity index (χ2v) is 5.50. The molecule has 1 atom stereocenters. The third-order valence-electron chi connectivity index (χ3n) is 4.29. The van der Waals surface area contributed by atoms with E-state index in [2.05, 4.69) is 24.2 Å². The molecule has 1 amide bonds. The fraction of sp³-hybridized carbons (Fsp3) is 0.923. The first-order valence-corrected chi connectivity index (χ1v) is 6.86. The van der Waals surface area contributed by atoms with Gasteiger partial charge in [-0.1, -0.05) is 6.92 Å². The number of hydrogen-bond acceptors (Lipinski definition) is 3. The second kappa shape index (κ2) is 5.83. The Kier molecular flexibility index (Phi) is 4.40. The fourth-order valence-electron chi connectivity index (χ4n) is 2.90. The maximum Gasteiger partial charge on any atom is 0.225 e. The molecule has 0 saturated carbocycles. The molecule has 0 bridgehead atoms. The monoisotopic (exact) mass is 239 g/mol. The van der Waals surface area contributed by atoms with Gasteiger partial charge in [0, 0.05) is 32.1 Å². The zero-order valence-electron chi connectivity index (χ0n) is 11.1. The van der Waals surface area contributed by atoms with Crippen LogP contribution < -0.4 is 5.32 Å². The molecular weight excluding hydrogens is 214 g/mol. The molecule has 0 radical (unpaired) electrons. The summed E-state index contributed by atoms with van der Waals surface area (Å²) in [4.78, 5) is 16.8. The molecule has 0 aromatic carbocycles. The van der Waals surface area contributed by atoms with E-state index in [0.717, 1.165) is 39.3 Å². The molecule has 2 fully saturated rings. The molecule has 17 heavy (non-hydrogen) atoms. The fourth-order valence-corrected chi connectivity index (χ4v) is 2.90. The Morgan fingerprint density at radius 2 is 1.76 bits per heavy atom. The zero-order valence-corrected chi connectivity index (χ0v) is 11.1. The van der Waals surface area contributed by atoms with Crippen molar-refractivity contribution in [1.29, 1.82) is 0 Å². The highest BCUT2D eigenvalue weighted by Crippen LogP contribution is 2.25. The third kappa shape index (κ3) is 3.19. The average molecular weight is 239 g/mol. The predicted octanol–water partition coefficient (Wildman–Crippen LogP) is 0.396. The van der Waals surface area contributed by atoms with Crippen LogP contribution in [-0.4, -0.2) is 62.0 Å². The standard InChI is InChI=1S/C13H25N3O/c1-11(12-3-7-15(2)8-4-12)13(17)16-9-5-14-6-10-16/h11-12,14H,3-10H2,1-2H3. The van der Waals surface area contributed by atoms with E-state index < -0.39 is 0 Å². The second-order valence-electron chi connectivity index (χ2n) is 5.50. The zero-order chi connectivity index (χ0) is 12.3. The number of likely N-dealkylation sites (tertiary alicyclic amines) is 1. The van der Waals surface area contributed by atoms with Crippen LogP contribution in [0.5, 0.6) is 0 Å². The van der Waals surface area contributed by atoms with Crippen molar-refractivity contribution in [3.63, 3.8) is 0 Å². The number of nitrogens with zero attached hydrogens (tertiary/aromatic N) is 2.